The van der Waals surface area contributed by atoms with E-state index in [2.05, 4.69) is 0 Å². The second-order valence-corrected chi connectivity index (χ2v) is 4.44. The van der Waals surface area contributed by atoms with Crippen LogP contribution in [0.1, 0.15) is 24.8 Å². The summed E-state index contributed by atoms with van der Waals surface area (Å²) in [6.45, 7) is 1.34. The monoisotopic (exact) mass is 221 g/mol. The molecule has 0 amide bonds. The fourth-order valence-electron chi connectivity index (χ4n) is 2.29. The Morgan fingerprint density at radius 2 is 2.00 bits per heavy atom. The molecular formula is C13H19NO2. The van der Waals surface area contributed by atoms with Crippen LogP contribution in [0.25, 0.3) is 0 Å². The Balaban J connectivity index is 1.85. The Kier molecular flexibility index (Phi) is 3.80. The van der Waals surface area contributed by atoms with E-state index in [0.717, 1.165) is 18.5 Å². The van der Waals surface area contributed by atoms with E-state index in [1.807, 2.05) is 12.1 Å². The van der Waals surface area contributed by atoms with Gasteiger partial charge in [0, 0.05) is 0 Å². The zero-order valence-corrected chi connectivity index (χ0v) is 9.43. The predicted molar refractivity (Wildman–Crippen MR) is 63.1 cm³/mol. The van der Waals surface area contributed by atoms with Crippen molar-refractivity contribution in [1.29, 1.82) is 0 Å². The van der Waals surface area contributed by atoms with Gasteiger partial charge in [0.25, 0.3) is 0 Å². The van der Waals surface area contributed by atoms with Gasteiger partial charge in [-0.15, -0.1) is 0 Å². The van der Waals surface area contributed by atoms with E-state index in [1.165, 1.54) is 12.8 Å². The molecule has 1 aromatic carbocycles. The van der Waals surface area contributed by atoms with E-state index in [4.69, 9.17) is 15.6 Å². The molecule has 0 aromatic heterocycles. The smallest absolute Gasteiger partial charge is 0.115 e. The first kappa shape index (κ1) is 11.4. The Morgan fingerprint density at radius 3 is 2.69 bits per heavy atom. The third-order valence-electron chi connectivity index (χ3n) is 3.29. The van der Waals surface area contributed by atoms with E-state index in [9.17, 15) is 0 Å². The maximum absolute atomic E-state index is 9.16. The third-order valence-corrected chi connectivity index (χ3v) is 3.29. The van der Waals surface area contributed by atoms with Crippen molar-refractivity contribution >= 4 is 0 Å². The molecular weight excluding hydrogens is 202 g/mol. The van der Waals surface area contributed by atoms with E-state index < -0.39 is 0 Å². The van der Waals surface area contributed by atoms with Gasteiger partial charge in [-0.3, -0.25) is 0 Å². The van der Waals surface area contributed by atoms with Crippen LogP contribution in [0.2, 0.25) is 0 Å². The summed E-state index contributed by atoms with van der Waals surface area (Å²) in [6.07, 6.45) is 3.86. The van der Waals surface area contributed by atoms with Crippen LogP contribution in [-0.2, 0) is 11.3 Å². The Morgan fingerprint density at radius 1 is 1.25 bits per heavy atom. The minimum absolute atomic E-state index is 0.296. The van der Waals surface area contributed by atoms with Gasteiger partial charge in [0.05, 0.1) is 12.7 Å². The molecule has 1 aromatic rings. The summed E-state index contributed by atoms with van der Waals surface area (Å²) in [7, 11) is 0. The lowest BCUT2D eigenvalue weighted by Crippen LogP contribution is -2.25. The molecule has 2 unspecified atom stereocenters. The molecule has 3 heteroatoms. The van der Waals surface area contributed by atoms with Crippen molar-refractivity contribution < 1.29 is 9.84 Å². The summed E-state index contributed by atoms with van der Waals surface area (Å²) in [5.41, 5.74) is 6.80. The van der Waals surface area contributed by atoms with E-state index in [0.29, 0.717) is 24.4 Å². The van der Waals surface area contributed by atoms with Gasteiger partial charge in [-0.25, -0.2) is 0 Å². The van der Waals surface area contributed by atoms with Crippen LogP contribution in [0.5, 0.6) is 5.75 Å². The Labute approximate surface area is 96.2 Å². The lowest BCUT2D eigenvalue weighted by molar-refractivity contribution is 0.0182. The predicted octanol–water partition coefficient (Wildman–Crippen LogP) is 2.04. The maximum atomic E-state index is 9.16. The molecule has 3 N–H and O–H groups in total. The number of phenolic OH excluding ortho intramolecular Hbond substituents is 1. The number of rotatable bonds is 4. The lowest BCUT2D eigenvalue weighted by atomic mass is 10.1. The molecule has 0 radical (unpaired) electrons. The average Bonchev–Trinajstić information content (AvgIpc) is 2.76. The maximum Gasteiger partial charge on any atom is 0.115 e. The van der Waals surface area contributed by atoms with Gasteiger partial charge in [-0.05, 0) is 43.0 Å². The summed E-state index contributed by atoms with van der Waals surface area (Å²) < 4.78 is 5.87. The highest BCUT2D eigenvalue weighted by atomic mass is 16.5. The molecule has 16 heavy (non-hydrogen) atoms. The number of aromatic hydroxyl groups is 1. The van der Waals surface area contributed by atoms with Crippen molar-refractivity contribution in [2.75, 3.05) is 6.54 Å². The van der Waals surface area contributed by atoms with Crippen molar-refractivity contribution in [3.05, 3.63) is 29.8 Å². The number of nitrogens with two attached hydrogens (primary N) is 1. The third kappa shape index (κ3) is 2.74. The van der Waals surface area contributed by atoms with Crippen molar-refractivity contribution in [2.24, 2.45) is 11.7 Å². The summed E-state index contributed by atoms with van der Waals surface area (Å²) in [5, 5.41) is 9.16. The van der Waals surface area contributed by atoms with Crippen LogP contribution in [0.15, 0.2) is 24.3 Å². The van der Waals surface area contributed by atoms with Crippen molar-refractivity contribution in [3.63, 3.8) is 0 Å². The highest BCUT2D eigenvalue weighted by Gasteiger charge is 2.26. The molecule has 88 valence electrons. The molecule has 0 heterocycles. The van der Waals surface area contributed by atoms with E-state index in [-0.39, 0.29) is 0 Å². The van der Waals surface area contributed by atoms with Crippen LogP contribution >= 0.6 is 0 Å². The first-order valence-electron chi connectivity index (χ1n) is 5.89. The highest BCUT2D eigenvalue weighted by Crippen LogP contribution is 2.28. The van der Waals surface area contributed by atoms with Gasteiger partial charge in [0.15, 0.2) is 0 Å². The highest BCUT2D eigenvalue weighted by molar-refractivity contribution is 5.25. The lowest BCUT2D eigenvalue weighted by Gasteiger charge is -2.18. The van der Waals surface area contributed by atoms with Crippen LogP contribution < -0.4 is 5.73 Å². The standard InChI is InChI=1S/C13H19NO2/c14-8-11-2-1-3-13(11)16-9-10-4-6-12(15)7-5-10/h4-7,11,13,15H,1-3,8-9,14H2. The molecule has 1 fully saturated rings. The molecule has 0 spiro atoms. The zero-order valence-electron chi connectivity index (χ0n) is 9.43. The second kappa shape index (κ2) is 5.32. The SMILES string of the molecule is NCC1CCCC1OCc1ccc(O)cc1. The fourth-order valence-corrected chi connectivity index (χ4v) is 2.29. The van der Waals surface area contributed by atoms with Crippen molar-refractivity contribution in [2.45, 2.75) is 32.0 Å². The van der Waals surface area contributed by atoms with E-state index >= 15 is 0 Å². The minimum Gasteiger partial charge on any atom is -0.508 e. The van der Waals surface area contributed by atoms with Gasteiger partial charge in [-0.2, -0.15) is 0 Å². The van der Waals surface area contributed by atoms with Gasteiger partial charge in [0.1, 0.15) is 5.75 Å². The summed E-state index contributed by atoms with van der Waals surface area (Å²) in [6, 6.07) is 7.16. The molecule has 2 atom stereocenters. The molecule has 0 bridgehead atoms. The van der Waals surface area contributed by atoms with Crippen LogP contribution in [0.3, 0.4) is 0 Å². The minimum atomic E-state index is 0.296. The first-order chi connectivity index (χ1) is 7.79. The molecule has 3 nitrogen and oxygen atoms in total. The number of hydrogen-bond donors (Lipinski definition) is 2. The molecule has 0 saturated heterocycles. The van der Waals surface area contributed by atoms with Crippen molar-refractivity contribution in [3.8, 4) is 5.75 Å². The number of benzene rings is 1. The van der Waals surface area contributed by atoms with Crippen molar-refractivity contribution in [1.82, 2.24) is 0 Å². The summed E-state index contributed by atoms with van der Waals surface area (Å²) in [4.78, 5) is 0. The molecule has 1 aliphatic rings. The van der Waals surface area contributed by atoms with Crippen LogP contribution in [0, 0.1) is 5.92 Å². The fraction of sp³-hybridized carbons (Fsp3) is 0.538. The summed E-state index contributed by atoms with van der Waals surface area (Å²) in [5.74, 6) is 0.821. The summed E-state index contributed by atoms with van der Waals surface area (Å²) >= 11 is 0. The van der Waals surface area contributed by atoms with Gasteiger partial charge in [-0.1, -0.05) is 18.6 Å². The normalized spacial score (nSPS) is 24.8. The number of ether oxygens (including phenoxy) is 1. The molecule has 0 aliphatic heterocycles. The molecule has 1 aliphatic carbocycles. The Bertz CT molecular complexity index is 323. The Hall–Kier alpha value is -1.06. The van der Waals surface area contributed by atoms with E-state index in [1.54, 1.807) is 12.1 Å². The molecule has 2 rings (SSSR count). The number of phenols is 1. The topological polar surface area (TPSA) is 55.5 Å². The zero-order chi connectivity index (χ0) is 11.4. The largest absolute Gasteiger partial charge is 0.508 e. The number of hydrogen-bond acceptors (Lipinski definition) is 3. The van der Waals surface area contributed by atoms with Gasteiger partial charge in [0.2, 0.25) is 0 Å². The van der Waals surface area contributed by atoms with Crippen LogP contribution in [-0.4, -0.2) is 17.8 Å². The van der Waals surface area contributed by atoms with Gasteiger partial charge < -0.3 is 15.6 Å². The first-order valence-corrected chi connectivity index (χ1v) is 5.89. The second-order valence-electron chi connectivity index (χ2n) is 4.44. The average molecular weight is 221 g/mol. The van der Waals surface area contributed by atoms with Crippen LogP contribution in [0.4, 0.5) is 0 Å². The van der Waals surface area contributed by atoms with Gasteiger partial charge >= 0.3 is 0 Å². The molecule has 1 saturated carbocycles. The quantitative estimate of drug-likeness (QED) is 0.818.